The van der Waals surface area contributed by atoms with Gasteiger partial charge in [-0.05, 0) is 17.7 Å². The molecule has 96 valence electrons. The summed E-state index contributed by atoms with van der Waals surface area (Å²) >= 11 is 5.93. The van der Waals surface area contributed by atoms with E-state index >= 15 is 0 Å². The van der Waals surface area contributed by atoms with Crippen LogP contribution in [-0.2, 0) is 16.6 Å². The molecule has 6 nitrogen and oxygen atoms in total. The van der Waals surface area contributed by atoms with E-state index in [9.17, 15) is 8.42 Å². The molecule has 0 aliphatic heterocycles. The van der Waals surface area contributed by atoms with E-state index in [1.54, 1.807) is 6.07 Å². The molecule has 0 atom stereocenters. The number of anilines is 1. The Labute approximate surface area is 109 Å². The van der Waals surface area contributed by atoms with Crippen LogP contribution in [0.5, 0.6) is 0 Å². The van der Waals surface area contributed by atoms with E-state index < -0.39 is 10.0 Å². The fourth-order valence-corrected chi connectivity index (χ4v) is 3.01. The van der Waals surface area contributed by atoms with Crippen LogP contribution >= 0.6 is 11.6 Å². The third kappa shape index (κ3) is 2.63. The highest BCUT2D eigenvalue weighted by Crippen LogP contribution is 2.24. The zero-order valence-electron chi connectivity index (χ0n) is 9.22. The van der Waals surface area contributed by atoms with E-state index in [-0.39, 0.29) is 9.92 Å². The van der Waals surface area contributed by atoms with Crippen LogP contribution in [0.15, 0.2) is 35.5 Å². The van der Waals surface area contributed by atoms with Gasteiger partial charge in [-0.3, -0.25) is 9.82 Å². The molecule has 0 radical (unpaired) electrons. The van der Waals surface area contributed by atoms with Crippen molar-refractivity contribution in [1.29, 1.82) is 0 Å². The summed E-state index contributed by atoms with van der Waals surface area (Å²) < 4.78 is 26.5. The Bertz CT molecular complexity index is 640. The van der Waals surface area contributed by atoms with E-state index in [0.717, 1.165) is 5.56 Å². The maximum Gasteiger partial charge on any atom is 0.263 e. The second-order valence-corrected chi connectivity index (χ2v) is 5.62. The lowest BCUT2D eigenvalue weighted by atomic mass is 10.2. The lowest BCUT2D eigenvalue weighted by Gasteiger charge is -2.08. The molecule has 0 bridgehead atoms. The van der Waals surface area contributed by atoms with Crippen LogP contribution in [0, 0.1) is 0 Å². The summed E-state index contributed by atoms with van der Waals surface area (Å²) in [4.78, 5) is 0.00238. The standard InChI is InChI=1S/C10H11ClN4O2S/c11-9-3-7(4-12)1-2-10(9)18(16,17)15-8-5-13-14-6-8/h1-3,5-6,15H,4,12H2,(H,13,14). The number of hydrogen-bond donors (Lipinski definition) is 3. The molecule has 8 heteroatoms. The molecule has 0 fully saturated rings. The second kappa shape index (κ2) is 4.97. The lowest BCUT2D eigenvalue weighted by Crippen LogP contribution is -2.13. The fraction of sp³-hybridized carbons (Fsp3) is 0.100. The van der Waals surface area contributed by atoms with Gasteiger partial charge in [0.1, 0.15) is 4.90 Å². The molecule has 1 aromatic carbocycles. The lowest BCUT2D eigenvalue weighted by molar-refractivity contribution is 0.601. The van der Waals surface area contributed by atoms with Crippen molar-refractivity contribution in [1.82, 2.24) is 10.2 Å². The number of nitrogens with one attached hydrogen (secondary N) is 2. The van der Waals surface area contributed by atoms with Crippen molar-refractivity contribution in [3.63, 3.8) is 0 Å². The summed E-state index contributed by atoms with van der Waals surface area (Å²) in [5, 5.41) is 6.29. The van der Waals surface area contributed by atoms with Crippen molar-refractivity contribution >= 4 is 27.3 Å². The largest absolute Gasteiger partial charge is 0.326 e. The summed E-state index contributed by atoms with van der Waals surface area (Å²) in [7, 11) is -3.72. The Morgan fingerprint density at radius 3 is 2.78 bits per heavy atom. The summed E-state index contributed by atoms with van der Waals surface area (Å²) in [6, 6.07) is 4.58. The highest BCUT2D eigenvalue weighted by atomic mass is 35.5. The number of nitrogens with two attached hydrogens (primary N) is 1. The molecule has 0 spiro atoms. The molecule has 0 unspecified atom stereocenters. The topological polar surface area (TPSA) is 101 Å². The number of aromatic amines is 1. The summed E-state index contributed by atoms with van der Waals surface area (Å²) in [5.74, 6) is 0. The zero-order valence-corrected chi connectivity index (χ0v) is 10.8. The van der Waals surface area contributed by atoms with Crippen molar-refractivity contribution in [2.75, 3.05) is 4.72 Å². The van der Waals surface area contributed by atoms with E-state index in [2.05, 4.69) is 14.9 Å². The summed E-state index contributed by atoms with van der Waals surface area (Å²) in [5.41, 5.74) is 6.56. The third-order valence-electron chi connectivity index (χ3n) is 2.27. The van der Waals surface area contributed by atoms with Crippen LogP contribution < -0.4 is 10.5 Å². The number of rotatable bonds is 4. The van der Waals surface area contributed by atoms with E-state index in [1.807, 2.05) is 0 Å². The van der Waals surface area contributed by atoms with Gasteiger partial charge < -0.3 is 5.73 Å². The predicted octanol–water partition coefficient (Wildman–Crippen LogP) is 1.32. The molecular formula is C10H11ClN4O2S. The number of hydrogen-bond acceptors (Lipinski definition) is 4. The SMILES string of the molecule is NCc1ccc(S(=O)(=O)Nc2cn[nH]c2)c(Cl)c1. The molecule has 0 saturated carbocycles. The third-order valence-corrected chi connectivity index (χ3v) is 4.14. The second-order valence-electron chi connectivity index (χ2n) is 3.56. The first-order chi connectivity index (χ1) is 8.53. The van der Waals surface area contributed by atoms with E-state index in [0.29, 0.717) is 12.2 Å². The first-order valence-corrected chi connectivity index (χ1v) is 6.89. The molecule has 2 rings (SSSR count). The van der Waals surface area contributed by atoms with Gasteiger partial charge in [-0.15, -0.1) is 0 Å². The molecule has 0 aliphatic carbocycles. The summed E-state index contributed by atoms with van der Waals surface area (Å²) in [6.07, 6.45) is 2.79. The van der Waals surface area contributed by atoms with Gasteiger partial charge in [-0.1, -0.05) is 17.7 Å². The number of benzene rings is 1. The van der Waals surface area contributed by atoms with Crippen molar-refractivity contribution in [2.45, 2.75) is 11.4 Å². The average molecular weight is 287 g/mol. The fourth-order valence-electron chi connectivity index (χ4n) is 1.41. The molecule has 1 aromatic heterocycles. The molecule has 18 heavy (non-hydrogen) atoms. The number of sulfonamides is 1. The molecule has 2 aromatic rings. The summed E-state index contributed by atoms with van der Waals surface area (Å²) in [6.45, 7) is 0.301. The molecule has 4 N–H and O–H groups in total. The predicted molar refractivity (Wildman–Crippen MR) is 68.7 cm³/mol. The quantitative estimate of drug-likeness (QED) is 0.789. The molecule has 0 amide bonds. The first kappa shape index (κ1) is 12.9. The normalized spacial score (nSPS) is 11.4. The highest BCUT2D eigenvalue weighted by Gasteiger charge is 2.18. The number of H-pyrrole nitrogens is 1. The smallest absolute Gasteiger partial charge is 0.263 e. The van der Waals surface area contributed by atoms with Gasteiger partial charge in [0.05, 0.1) is 16.9 Å². The Hall–Kier alpha value is -1.57. The van der Waals surface area contributed by atoms with Gasteiger partial charge in [0, 0.05) is 12.7 Å². The molecule has 0 saturated heterocycles. The van der Waals surface area contributed by atoms with Gasteiger partial charge in [0.15, 0.2) is 0 Å². The van der Waals surface area contributed by atoms with Gasteiger partial charge in [-0.25, -0.2) is 8.42 Å². The minimum absolute atomic E-state index is 0.00238. The Morgan fingerprint density at radius 2 is 2.22 bits per heavy atom. The van der Waals surface area contributed by atoms with Crippen LogP contribution in [0.25, 0.3) is 0 Å². The number of halogens is 1. The Morgan fingerprint density at radius 1 is 1.44 bits per heavy atom. The van der Waals surface area contributed by atoms with Gasteiger partial charge in [0.2, 0.25) is 0 Å². The van der Waals surface area contributed by atoms with Crippen LogP contribution in [0.2, 0.25) is 5.02 Å². The number of aromatic nitrogens is 2. The van der Waals surface area contributed by atoms with Gasteiger partial charge in [0.25, 0.3) is 10.0 Å². The first-order valence-electron chi connectivity index (χ1n) is 5.03. The van der Waals surface area contributed by atoms with Crippen molar-refractivity contribution in [3.8, 4) is 0 Å². The maximum absolute atomic E-state index is 12.1. The van der Waals surface area contributed by atoms with Crippen molar-refractivity contribution in [3.05, 3.63) is 41.2 Å². The minimum atomic E-state index is -3.72. The molecule has 1 heterocycles. The van der Waals surface area contributed by atoms with Crippen LogP contribution in [0.3, 0.4) is 0 Å². The zero-order chi connectivity index (χ0) is 13.2. The van der Waals surface area contributed by atoms with Crippen molar-refractivity contribution < 1.29 is 8.42 Å². The molecular weight excluding hydrogens is 276 g/mol. The highest BCUT2D eigenvalue weighted by molar-refractivity contribution is 7.92. The van der Waals surface area contributed by atoms with Crippen LogP contribution in [0.4, 0.5) is 5.69 Å². The van der Waals surface area contributed by atoms with E-state index in [1.165, 1.54) is 24.5 Å². The maximum atomic E-state index is 12.1. The Kier molecular flexibility index (Phi) is 3.55. The van der Waals surface area contributed by atoms with Crippen LogP contribution in [-0.4, -0.2) is 18.6 Å². The molecule has 0 aliphatic rings. The van der Waals surface area contributed by atoms with E-state index in [4.69, 9.17) is 17.3 Å². The van der Waals surface area contributed by atoms with Gasteiger partial charge in [-0.2, -0.15) is 5.10 Å². The average Bonchev–Trinajstić information content (AvgIpc) is 2.80. The van der Waals surface area contributed by atoms with Gasteiger partial charge >= 0.3 is 0 Å². The minimum Gasteiger partial charge on any atom is -0.326 e. The Balaban J connectivity index is 2.35. The monoisotopic (exact) mass is 286 g/mol. The number of nitrogens with zero attached hydrogens (tertiary/aromatic N) is 1. The van der Waals surface area contributed by atoms with Crippen molar-refractivity contribution in [2.24, 2.45) is 5.73 Å². The van der Waals surface area contributed by atoms with Crippen LogP contribution in [0.1, 0.15) is 5.56 Å².